The fourth-order valence-corrected chi connectivity index (χ4v) is 8.65. The lowest BCUT2D eigenvalue weighted by Gasteiger charge is -2.36. The number of phenolic OH excluding ortho intramolecular Hbond substituents is 1. The van der Waals surface area contributed by atoms with E-state index in [4.69, 9.17) is 0 Å². The number of aromatic nitrogens is 2. The molecule has 0 unspecified atom stereocenters. The fraction of sp³-hybridized carbons (Fsp3) is 0.250. The van der Waals surface area contributed by atoms with Crippen molar-refractivity contribution in [2.75, 3.05) is 11.9 Å². The lowest BCUT2D eigenvalue weighted by atomic mass is 9.87. The van der Waals surface area contributed by atoms with Crippen molar-refractivity contribution in [2.24, 2.45) is 14.1 Å². The van der Waals surface area contributed by atoms with E-state index in [0.29, 0.717) is 83.1 Å². The Morgan fingerprint density at radius 2 is 1.56 bits per heavy atom. The van der Waals surface area contributed by atoms with E-state index in [-0.39, 0.29) is 41.8 Å². The zero-order chi connectivity index (χ0) is 41.7. The Hall–Kier alpha value is -6.93. The van der Waals surface area contributed by atoms with Gasteiger partial charge in [0.2, 0.25) is 5.91 Å². The van der Waals surface area contributed by atoms with Crippen LogP contribution in [0.1, 0.15) is 72.5 Å². The van der Waals surface area contributed by atoms with Gasteiger partial charge in [-0.1, -0.05) is 36.4 Å². The van der Waals surface area contributed by atoms with Crippen LogP contribution < -0.4 is 5.32 Å². The molecule has 1 atom stereocenters. The zero-order valence-electron chi connectivity index (χ0n) is 33.8. The Morgan fingerprint density at radius 1 is 0.847 bits per heavy atom. The van der Waals surface area contributed by atoms with Gasteiger partial charge < -0.3 is 29.4 Å². The van der Waals surface area contributed by atoms with E-state index in [1.165, 1.54) is 29.8 Å². The summed E-state index contributed by atoms with van der Waals surface area (Å²) in [5.41, 5.74) is 10.6. The van der Waals surface area contributed by atoms with Crippen molar-refractivity contribution in [2.45, 2.75) is 59.2 Å². The molecule has 8 rings (SSSR count). The lowest BCUT2D eigenvalue weighted by molar-refractivity contribution is -0.131. The maximum absolute atomic E-state index is 15.3. The number of carbonyl (C=O) groups excluding carboxylic acids is 3. The zero-order valence-corrected chi connectivity index (χ0v) is 33.8. The normalized spacial score (nSPS) is 14.7. The number of benzene rings is 4. The summed E-state index contributed by atoms with van der Waals surface area (Å²) in [6.07, 6.45) is 1.37. The number of nitriles is 1. The van der Waals surface area contributed by atoms with Gasteiger partial charge in [0, 0.05) is 79.1 Å². The van der Waals surface area contributed by atoms with Crippen molar-refractivity contribution >= 4 is 23.4 Å². The van der Waals surface area contributed by atoms with E-state index in [2.05, 4.69) is 36.5 Å². The third kappa shape index (κ3) is 7.16. The molecule has 2 N–H and O–H groups in total. The predicted molar refractivity (Wildman–Crippen MR) is 224 cm³/mol. The molecule has 0 fully saturated rings. The Morgan fingerprint density at radius 3 is 2.25 bits per heavy atom. The van der Waals surface area contributed by atoms with Crippen molar-refractivity contribution in [3.63, 3.8) is 0 Å². The summed E-state index contributed by atoms with van der Waals surface area (Å²) in [5.74, 6) is -0.918. The highest BCUT2D eigenvalue weighted by molar-refractivity contribution is 6.14. The molecule has 0 saturated heterocycles. The summed E-state index contributed by atoms with van der Waals surface area (Å²) >= 11 is 0. The summed E-state index contributed by atoms with van der Waals surface area (Å²) in [7, 11) is 3.70. The Kier molecular flexibility index (Phi) is 10.2. The van der Waals surface area contributed by atoms with Crippen LogP contribution >= 0.6 is 0 Å². The minimum atomic E-state index is -0.380. The van der Waals surface area contributed by atoms with Crippen LogP contribution in [-0.4, -0.2) is 54.3 Å². The molecule has 11 heteroatoms. The average molecular weight is 789 g/mol. The van der Waals surface area contributed by atoms with E-state index in [9.17, 15) is 24.3 Å². The number of halogens is 1. The van der Waals surface area contributed by atoms with Crippen molar-refractivity contribution in [3.8, 4) is 34.2 Å². The Balaban J connectivity index is 1.30. The Bertz CT molecular complexity index is 2700. The van der Waals surface area contributed by atoms with Gasteiger partial charge in [-0.15, -0.1) is 0 Å². The molecule has 0 bridgehead atoms. The van der Waals surface area contributed by atoms with Gasteiger partial charge in [-0.3, -0.25) is 14.4 Å². The largest absolute Gasteiger partial charge is 0.508 e. The highest BCUT2D eigenvalue weighted by Crippen LogP contribution is 2.44. The summed E-state index contributed by atoms with van der Waals surface area (Å²) in [4.78, 5) is 47.1. The molecular formula is C48H45FN6O4. The molecule has 0 aliphatic carbocycles. The van der Waals surface area contributed by atoms with Gasteiger partial charge in [0.15, 0.2) is 0 Å². The second-order valence-corrected chi connectivity index (χ2v) is 15.7. The maximum atomic E-state index is 15.3. The molecule has 0 saturated carbocycles. The SMILES string of the molecule is Cc1c(-c2c(C(=O)Nc3ccc(O)cc3)c(C)n(C)c2-c2cc3c(cc2C(=O)N2Cc4ccccc4C[C@H]2C)CN(C(=O)Cc2ccc(F)cc2)CC3)cc(C#N)n1C. The molecule has 59 heavy (non-hydrogen) atoms. The van der Waals surface area contributed by atoms with Crippen LogP contribution in [-0.2, 0) is 51.2 Å². The highest BCUT2D eigenvalue weighted by Gasteiger charge is 2.35. The molecule has 4 heterocycles. The van der Waals surface area contributed by atoms with Gasteiger partial charge in [0.25, 0.3) is 11.8 Å². The van der Waals surface area contributed by atoms with Gasteiger partial charge in [0.1, 0.15) is 23.3 Å². The number of nitrogens with zero attached hydrogens (tertiary/aromatic N) is 5. The third-order valence-electron chi connectivity index (χ3n) is 12.2. The monoisotopic (exact) mass is 788 g/mol. The molecule has 2 aromatic heterocycles. The van der Waals surface area contributed by atoms with Gasteiger partial charge in [-0.05, 0) is 116 Å². The van der Waals surface area contributed by atoms with Gasteiger partial charge in [-0.25, -0.2) is 4.39 Å². The number of aromatic hydroxyl groups is 1. The topological polar surface area (TPSA) is 124 Å². The number of hydrogen-bond donors (Lipinski definition) is 2. The second-order valence-electron chi connectivity index (χ2n) is 15.7. The molecule has 0 radical (unpaired) electrons. The number of carbonyl (C=O) groups is 3. The minimum Gasteiger partial charge on any atom is -0.508 e. The standard InChI is InChI=1S/C48H45FN6O4/c1-28-20-32-8-6-7-9-34(32)27-55(28)48(59)42-23-35-26-54(43(57)21-31-10-12-36(49)13-11-31)19-18-33(35)22-41(42)46-45(40-24-38(25-50)52(4)29(40)2)44(30(3)53(46)5)47(58)51-37-14-16-39(56)17-15-37/h6-17,22-24,28,56H,18-21,26-27H2,1-5H3,(H,51,58)/t28-/m1/s1. The maximum Gasteiger partial charge on any atom is 0.258 e. The average Bonchev–Trinajstić information content (AvgIpc) is 3.67. The first-order valence-electron chi connectivity index (χ1n) is 19.8. The molecule has 6 aromatic rings. The van der Waals surface area contributed by atoms with Crippen molar-refractivity contribution in [1.29, 1.82) is 5.26 Å². The summed E-state index contributed by atoms with van der Waals surface area (Å²) < 4.78 is 17.4. The van der Waals surface area contributed by atoms with Crippen LogP contribution in [0.3, 0.4) is 0 Å². The van der Waals surface area contributed by atoms with Crippen LogP contribution in [0.15, 0.2) is 91.0 Å². The summed E-state index contributed by atoms with van der Waals surface area (Å²) in [6, 6.07) is 28.3. The van der Waals surface area contributed by atoms with Gasteiger partial charge in [0.05, 0.1) is 17.7 Å². The van der Waals surface area contributed by atoms with Crippen LogP contribution in [0.5, 0.6) is 5.75 Å². The number of anilines is 1. The first kappa shape index (κ1) is 38.9. The number of nitrogens with one attached hydrogen (secondary N) is 1. The van der Waals surface area contributed by atoms with Crippen molar-refractivity contribution in [3.05, 3.63) is 153 Å². The molecule has 2 aliphatic rings. The smallest absolute Gasteiger partial charge is 0.258 e. The number of phenols is 1. The molecule has 0 spiro atoms. The van der Waals surface area contributed by atoms with Crippen molar-refractivity contribution in [1.82, 2.24) is 18.9 Å². The van der Waals surface area contributed by atoms with E-state index in [1.54, 1.807) is 39.8 Å². The second kappa shape index (κ2) is 15.4. The molecule has 298 valence electrons. The number of fused-ring (bicyclic) bond motifs is 2. The minimum absolute atomic E-state index is 0.0716. The number of amides is 3. The van der Waals surface area contributed by atoms with Crippen LogP contribution in [0, 0.1) is 31.0 Å². The molecule has 4 aromatic carbocycles. The predicted octanol–water partition coefficient (Wildman–Crippen LogP) is 8.00. The fourth-order valence-electron chi connectivity index (χ4n) is 8.65. The number of hydrogen-bond acceptors (Lipinski definition) is 5. The van der Waals surface area contributed by atoms with Crippen molar-refractivity contribution < 1.29 is 23.9 Å². The molecular weight excluding hydrogens is 744 g/mol. The molecule has 3 amide bonds. The quantitative estimate of drug-likeness (QED) is 0.159. The summed E-state index contributed by atoms with van der Waals surface area (Å²) in [5, 5.41) is 23.0. The van der Waals surface area contributed by atoms with Gasteiger partial charge >= 0.3 is 0 Å². The van der Waals surface area contributed by atoms with Crippen LogP contribution in [0.2, 0.25) is 0 Å². The molecule has 2 aliphatic heterocycles. The van der Waals surface area contributed by atoms with Gasteiger partial charge in [-0.2, -0.15) is 5.26 Å². The third-order valence-corrected chi connectivity index (χ3v) is 12.2. The van der Waals surface area contributed by atoms with E-state index >= 15 is 4.79 Å². The highest BCUT2D eigenvalue weighted by atomic mass is 19.1. The first-order chi connectivity index (χ1) is 28.3. The molecule has 10 nitrogen and oxygen atoms in total. The van der Waals surface area contributed by atoms with E-state index in [0.717, 1.165) is 27.9 Å². The first-order valence-corrected chi connectivity index (χ1v) is 19.8. The lowest BCUT2D eigenvalue weighted by Crippen LogP contribution is -2.43. The van der Waals surface area contributed by atoms with E-state index in [1.807, 2.05) is 55.6 Å². The number of rotatable bonds is 7. The Labute approximate surface area is 342 Å². The van der Waals surface area contributed by atoms with E-state index < -0.39 is 0 Å². The summed E-state index contributed by atoms with van der Waals surface area (Å²) in [6.45, 7) is 7.03. The van der Waals surface area contributed by atoms with Crippen LogP contribution in [0.4, 0.5) is 10.1 Å². The van der Waals surface area contributed by atoms with Crippen LogP contribution in [0.25, 0.3) is 22.4 Å².